The van der Waals surface area contributed by atoms with Crippen molar-refractivity contribution in [3.63, 3.8) is 0 Å². The number of carbonyl (C=O) groups excluding carboxylic acids is 4. The SMILES string of the molecule is C=CC(=O)OCCCCCCOc1ccc(C(=O)Oc2ccc(OC(=O)C3CCC(CCCCC)CC3)cc2C=O)cc1. The molecule has 232 valence electrons. The fourth-order valence-corrected chi connectivity index (χ4v) is 5.17. The van der Waals surface area contributed by atoms with E-state index >= 15 is 0 Å². The van der Waals surface area contributed by atoms with Gasteiger partial charge in [0, 0.05) is 6.08 Å². The second kappa shape index (κ2) is 18.6. The van der Waals surface area contributed by atoms with Crippen LogP contribution in [0.4, 0.5) is 0 Å². The highest BCUT2D eigenvalue weighted by Gasteiger charge is 2.27. The van der Waals surface area contributed by atoms with E-state index in [0.29, 0.717) is 36.7 Å². The molecule has 0 spiro atoms. The van der Waals surface area contributed by atoms with Gasteiger partial charge in [-0.2, -0.15) is 0 Å². The summed E-state index contributed by atoms with van der Waals surface area (Å²) in [6.07, 6.45) is 13.9. The Bertz CT molecular complexity index is 1190. The molecule has 0 aliphatic heterocycles. The summed E-state index contributed by atoms with van der Waals surface area (Å²) in [5.74, 6) is 0.236. The number of carbonyl (C=O) groups is 4. The number of esters is 3. The Labute approximate surface area is 254 Å². The monoisotopic (exact) mass is 592 g/mol. The number of hydrogen-bond acceptors (Lipinski definition) is 8. The maximum absolute atomic E-state index is 12.8. The molecule has 0 radical (unpaired) electrons. The van der Waals surface area contributed by atoms with Crippen LogP contribution in [0, 0.1) is 11.8 Å². The fourth-order valence-electron chi connectivity index (χ4n) is 5.17. The Morgan fingerprint density at radius 1 is 0.837 bits per heavy atom. The Morgan fingerprint density at radius 2 is 1.53 bits per heavy atom. The zero-order chi connectivity index (χ0) is 30.9. The third-order valence-electron chi connectivity index (χ3n) is 7.73. The van der Waals surface area contributed by atoms with Crippen molar-refractivity contribution in [2.45, 2.75) is 84.0 Å². The van der Waals surface area contributed by atoms with Crippen LogP contribution in [0.2, 0.25) is 0 Å². The van der Waals surface area contributed by atoms with Gasteiger partial charge in [0.1, 0.15) is 17.2 Å². The van der Waals surface area contributed by atoms with Crippen LogP contribution in [0.15, 0.2) is 55.1 Å². The molecule has 0 saturated heterocycles. The van der Waals surface area contributed by atoms with Crippen molar-refractivity contribution >= 4 is 24.2 Å². The van der Waals surface area contributed by atoms with Crippen LogP contribution in [0.3, 0.4) is 0 Å². The molecule has 0 N–H and O–H groups in total. The van der Waals surface area contributed by atoms with E-state index in [1.54, 1.807) is 24.3 Å². The van der Waals surface area contributed by atoms with E-state index in [9.17, 15) is 19.2 Å². The van der Waals surface area contributed by atoms with Gasteiger partial charge in [0.15, 0.2) is 6.29 Å². The molecule has 3 rings (SSSR count). The average molecular weight is 593 g/mol. The lowest BCUT2D eigenvalue weighted by Crippen LogP contribution is -2.25. The minimum absolute atomic E-state index is 0.0898. The molecule has 0 atom stereocenters. The first kappa shape index (κ1) is 33.6. The van der Waals surface area contributed by atoms with E-state index in [4.69, 9.17) is 18.9 Å². The van der Waals surface area contributed by atoms with Gasteiger partial charge in [-0.3, -0.25) is 9.59 Å². The molecule has 2 aromatic carbocycles. The molecule has 43 heavy (non-hydrogen) atoms. The Kier molecular flexibility index (Phi) is 14.5. The lowest BCUT2D eigenvalue weighted by Gasteiger charge is -2.27. The number of benzene rings is 2. The first-order valence-corrected chi connectivity index (χ1v) is 15.5. The van der Waals surface area contributed by atoms with Gasteiger partial charge < -0.3 is 18.9 Å². The molecule has 0 amide bonds. The van der Waals surface area contributed by atoms with Gasteiger partial charge in [-0.15, -0.1) is 0 Å². The highest BCUT2D eigenvalue weighted by molar-refractivity contribution is 5.93. The van der Waals surface area contributed by atoms with E-state index < -0.39 is 11.9 Å². The summed E-state index contributed by atoms with van der Waals surface area (Å²) in [5, 5.41) is 0. The molecule has 0 bridgehead atoms. The molecule has 1 saturated carbocycles. The van der Waals surface area contributed by atoms with Crippen LogP contribution in [0.25, 0.3) is 0 Å². The Hall–Kier alpha value is -3.94. The molecule has 1 aliphatic rings. The van der Waals surface area contributed by atoms with Crippen molar-refractivity contribution in [2.75, 3.05) is 13.2 Å². The maximum Gasteiger partial charge on any atom is 0.343 e. The van der Waals surface area contributed by atoms with Crippen LogP contribution in [0.5, 0.6) is 17.2 Å². The summed E-state index contributed by atoms with van der Waals surface area (Å²) in [4.78, 5) is 48.2. The van der Waals surface area contributed by atoms with Gasteiger partial charge >= 0.3 is 17.9 Å². The number of ether oxygens (including phenoxy) is 4. The maximum atomic E-state index is 12.8. The van der Waals surface area contributed by atoms with Crippen molar-refractivity contribution < 1.29 is 38.1 Å². The lowest BCUT2D eigenvalue weighted by molar-refractivity contribution is -0.140. The standard InChI is InChI=1S/C35H44O8/c1-3-5-8-11-26-12-14-27(15-13-26)34(38)42-31-20-21-32(29(24-31)25-36)43-35(39)28-16-18-30(19-17-28)40-22-9-6-7-10-23-41-33(37)4-2/h4,16-21,24-27H,2-3,5-15,22-23H2,1H3. The van der Waals surface area contributed by atoms with Crippen molar-refractivity contribution in [3.05, 3.63) is 66.2 Å². The van der Waals surface area contributed by atoms with Crippen LogP contribution in [0.1, 0.15) is 105 Å². The molecule has 0 aromatic heterocycles. The molecule has 8 nitrogen and oxygen atoms in total. The summed E-state index contributed by atoms with van der Waals surface area (Å²) in [5.41, 5.74) is 0.427. The van der Waals surface area contributed by atoms with E-state index in [2.05, 4.69) is 13.5 Å². The van der Waals surface area contributed by atoms with Gasteiger partial charge in [0.2, 0.25) is 0 Å². The summed E-state index contributed by atoms with van der Waals surface area (Å²) >= 11 is 0. The molecule has 1 fully saturated rings. The van der Waals surface area contributed by atoms with Crippen LogP contribution < -0.4 is 14.2 Å². The van der Waals surface area contributed by atoms with Crippen LogP contribution in [-0.2, 0) is 14.3 Å². The van der Waals surface area contributed by atoms with E-state index in [-0.39, 0.29) is 28.9 Å². The van der Waals surface area contributed by atoms with E-state index in [1.807, 2.05) is 0 Å². The molecule has 1 aliphatic carbocycles. The summed E-state index contributed by atoms with van der Waals surface area (Å²) in [6.45, 7) is 6.47. The number of rotatable bonds is 18. The topological polar surface area (TPSA) is 105 Å². The molecule has 8 heteroatoms. The van der Waals surface area contributed by atoms with Gasteiger partial charge in [0.05, 0.1) is 30.3 Å². The third kappa shape index (κ3) is 11.7. The van der Waals surface area contributed by atoms with Crippen molar-refractivity contribution in [1.82, 2.24) is 0 Å². The van der Waals surface area contributed by atoms with Crippen LogP contribution >= 0.6 is 0 Å². The van der Waals surface area contributed by atoms with Gasteiger partial charge in [-0.05, 0) is 99.7 Å². The van der Waals surface area contributed by atoms with E-state index in [0.717, 1.165) is 57.4 Å². The normalized spacial score (nSPS) is 16.1. The quantitative estimate of drug-likeness (QED) is 0.0571. The second-order valence-corrected chi connectivity index (χ2v) is 11.0. The first-order chi connectivity index (χ1) is 20.9. The number of hydrogen-bond donors (Lipinski definition) is 0. The Morgan fingerprint density at radius 3 is 2.21 bits per heavy atom. The highest BCUT2D eigenvalue weighted by Crippen LogP contribution is 2.33. The lowest BCUT2D eigenvalue weighted by atomic mass is 9.80. The van der Waals surface area contributed by atoms with Gasteiger partial charge in [0.25, 0.3) is 0 Å². The second-order valence-electron chi connectivity index (χ2n) is 11.0. The van der Waals surface area contributed by atoms with Crippen molar-refractivity contribution in [3.8, 4) is 17.2 Å². The zero-order valence-corrected chi connectivity index (χ0v) is 25.2. The largest absolute Gasteiger partial charge is 0.494 e. The average Bonchev–Trinajstić information content (AvgIpc) is 3.03. The Balaban J connectivity index is 1.41. The fraction of sp³-hybridized carbons (Fsp3) is 0.486. The number of unbranched alkanes of at least 4 members (excludes halogenated alkanes) is 5. The molecule has 0 unspecified atom stereocenters. The molecular weight excluding hydrogens is 548 g/mol. The first-order valence-electron chi connectivity index (χ1n) is 15.5. The number of aldehydes is 1. The zero-order valence-electron chi connectivity index (χ0n) is 25.2. The minimum Gasteiger partial charge on any atom is -0.494 e. The summed E-state index contributed by atoms with van der Waals surface area (Å²) in [6, 6.07) is 11.0. The molecule has 2 aromatic rings. The smallest absolute Gasteiger partial charge is 0.343 e. The van der Waals surface area contributed by atoms with E-state index in [1.165, 1.54) is 43.9 Å². The predicted molar refractivity (Wildman–Crippen MR) is 164 cm³/mol. The van der Waals surface area contributed by atoms with Crippen molar-refractivity contribution in [2.24, 2.45) is 11.8 Å². The predicted octanol–water partition coefficient (Wildman–Crippen LogP) is 7.68. The highest BCUT2D eigenvalue weighted by atomic mass is 16.5. The van der Waals surface area contributed by atoms with Gasteiger partial charge in [-0.25, -0.2) is 9.59 Å². The van der Waals surface area contributed by atoms with Crippen LogP contribution in [-0.4, -0.2) is 37.4 Å². The third-order valence-corrected chi connectivity index (χ3v) is 7.73. The summed E-state index contributed by atoms with van der Waals surface area (Å²) < 4.78 is 21.7. The molecule has 0 heterocycles. The molecular formula is C35H44O8. The van der Waals surface area contributed by atoms with Crippen molar-refractivity contribution in [1.29, 1.82) is 0 Å². The minimum atomic E-state index is -0.618. The van der Waals surface area contributed by atoms with Gasteiger partial charge in [-0.1, -0.05) is 39.2 Å². The summed E-state index contributed by atoms with van der Waals surface area (Å²) in [7, 11) is 0.